The molecule has 3 aromatic rings. The molecule has 0 saturated heterocycles. The average molecular weight is 357 g/mol. The molecule has 0 aliphatic heterocycles. The molecule has 0 amide bonds. The fraction of sp³-hybridized carbons (Fsp3) is 0.278. The monoisotopic (exact) mass is 356 g/mol. The summed E-state index contributed by atoms with van der Waals surface area (Å²) in [5.41, 5.74) is 7.17. The van der Waals surface area contributed by atoms with E-state index in [1.54, 1.807) is 22.9 Å². The molecular formula is C18H17ClN4O2. The third-order valence-electron chi connectivity index (χ3n) is 4.65. The van der Waals surface area contributed by atoms with Crippen molar-refractivity contribution in [1.82, 2.24) is 14.7 Å². The van der Waals surface area contributed by atoms with Gasteiger partial charge in [-0.2, -0.15) is 4.98 Å². The van der Waals surface area contributed by atoms with E-state index in [0.717, 1.165) is 24.8 Å². The van der Waals surface area contributed by atoms with Crippen LogP contribution in [0.15, 0.2) is 51.9 Å². The van der Waals surface area contributed by atoms with Gasteiger partial charge in [-0.25, -0.2) is 0 Å². The van der Waals surface area contributed by atoms with E-state index in [9.17, 15) is 4.79 Å². The molecular weight excluding hydrogens is 340 g/mol. The van der Waals surface area contributed by atoms with Gasteiger partial charge in [-0.3, -0.25) is 4.79 Å². The van der Waals surface area contributed by atoms with Gasteiger partial charge in [-0.1, -0.05) is 35.0 Å². The molecule has 1 aromatic carbocycles. The zero-order valence-corrected chi connectivity index (χ0v) is 14.2. The summed E-state index contributed by atoms with van der Waals surface area (Å²) in [6, 6.07) is 10.6. The molecule has 2 aromatic heterocycles. The van der Waals surface area contributed by atoms with E-state index in [1.165, 1.54) is 6.07 Å². The van der Waals surface area contributed by atoms with Crippen LogP contribution in [-0.2, 0) is 12.1 Å². The Kier molecular flexibility index (Phi) is 3.94. The largest absolute Gasteiger partial charge is 0.334 e. The summed E-state index contributed by atoms with van der Waals surface area (Å²) in [7, 11) is 0. The first-order chi connectivity index (χ1) is 12.0. The predicted octanol–water partition coefficient (Wildman–Crippen LogP) is 2.94. The van der Waals surface area contributed by atoms with Gasteiger partial charge in [0.1, 0.15) is 0 Å². The number of nitrogens with two attached hydrogens (primary N) is 1. The van der Waals surface area contributed by atoms with Crippen LogP contribution in [0.25, 0.3) is 11.5 Å². The standard InChI is InChI=1S/C18H17ClN4O2/c19-14-5-2-1-4-12(14)10-23-11-13(6-7-15(23)24)16-21-17(22-25-16)18(20)8-3-9-18/h1-2,4-7,11H,3,8-10,20H2. The maximum Gasteiger partial charge on any atom is 0.259 e. The number of benzene rings is 1. The lowest BCUT2D eigenvalue weighted by molar-refractivity contribution is 0.229. The van der Waals surface area contributed by atoms with Crippen molar-refractivity contribution in [3.05, 3.63) is 69.4 Å². The topological polar surface area (TPSA) is 86.9 Å². The Morgan fingerprint density at radius 2 is 2.04 bits per heavy atom. The minimum atomic E-state index is -0.478. The Morgan fingerprint density at radius 3 is 2.76 bits per heavy atom. The van der Waals surface area contributed by atoms with Gasteiger partial charge in [-0.15, -0.1) is 0 Å². The van der Waals surface area contributed by atoms with E-state index in [-0.39, 0.29) is 5.56 Å². The summed E-state index contributed by atoms with van der Waals surface area (Å²) in [4.78, 5) is 16.6. The maximum atomic E-state index is 12.2. The van der Waals surface area contributed by atoms with Crippen molar-refractivity contribution in [2.45, 2.75) is 31.3 Å². The predicted molar refractivity (Wildman–Crippen MR) is 94.3 cm³/mol. The van der Waals surface area contributed by atoms with Crippen molar-refractivity contribution in [3.63, 3.8) is 0 Å². The molecule has 25 heavy (non-hydrogen) atoms. The lowest BCUT2D eigenvalue weighted by Crippen LogP contribution is -2.44. The van der Waals surface area contributed by atoms with Gasteiger partial charge in [0.05, 0.1) is 17.6 Å². The normalized spacial score (nSPS) is 15.8. The number of hydrogen-bond acceptors (Lipinski definition) is 5. The second-order valence-corrected chi connectivity index (χ2v) is 6.82. The van der Waals surface area contributed by atoms with E-state index in [2.05, 4.69) is 10.1 Å². The van der Waals surface area contributed by atoms with Crippen LogP contribution in [0.4, 0.5) is 0 Å². The minimum absolute atomic E-state index is 0.127. The average Bonchev–Trinajstić information content (AvgIpc) is 3.07. The Balaban J connectivity index is 1.66. The SMILES string of the molecule is NC1(c2noc(-c3ccc(=O)n(Cc4ccccc4Cl)c3)n2)CCC1. The van der Waals surface area contributed by atoms with Crippen LogP contribution in [0, 0.1) is 0 Å². The van der Waals surface area contributed by atoms with Crippen molar-refractivity contribution in [3.8, 4) is 11.5 Å². The molecule has 0 atom stereocenters. The molecule has 6 nitrogen and oxygen atoms in total. The molecule has 0 unspecified atom stereocenters. The molecule has 1 aliphatic carbocycles. The zero-order chi connectivity index (χ0) is 17.4. The van der Waals surface area contributed by atoms with E-state index < -0.39 is 5.54 Å². The fourth-order valence-corrected chi connectivity index (χ4v) is 3.11. The van der Waals surface area contributed by atoms with Crippen LogP contribution >= 0.6 is 11.6 Å². The quantitative estimate of drug-likeness (QED) is 0.776. The van der Waals surface area contributed by atoms with Crippen LogP contribution in [0.3, 0.4) is 0 Å². The second-order valence-electron chi connectivity index (χ2n) is 6.41. The first-order valence-electron chi connectivity index (χ1n) is 8.12. The molecule has 2 heterocycles. The first kappa shape index (κ1) is 16.1. The van der Waals surface area contributed by atoms with E-state index in [1.807, 2.05) is 18.2 Å². The first-order valence-corrected chi connectivity index (χ1v) is 8.50. The van der Waals surface area contributed by atoms with Gasteiger partial charge in [-0.05, 0) is 37.0 Å². The number of rotatable bonds is 4. The number of hydrogen-bond donors (Lipinski definition) is 1. The molecule has 1 saturated carbocycles. The maximum absolute atomic E-state index is 12.2. The number of pyridine rings is 1. The highest BCUT2D eigenvalue weighted by Gasteiger charge is 2.39. The van der Waals surface area contributed by atoms with Gasteiger partial charge < -0.3 is 14.8 Å². The Labute approximate surface area is 149 Å². The molecule has 0 bridgehead atoms. The van der Waals surface area contributed by atoms with Crippen LogP contribution in [0.1, 0.15) is 30.7 Å². The van der Waals surface area contributed by atoms with Crippen LogP contribution in [0.5, 0.6) is 0 Å². The van der Waals surface area contributed by atoms with Gasteiger partial charge in [0, 0.05) is 17.3 Å². The van der Waals surface area contributed by atoms with Crippen molar-refractivity contribution in [2.24, 2.45) is 5.73 Å². The summed E-state index contributed by atoms with van der Waals surface area (Å²) in [6.07, 6.45) is 4.49. The minimum Gasteiger partial charge on any atom is -0.334 e. The van der Waals surface area contributed by atoms with Crippen LogP contribution in [-0.4, -0.2) is 14.7 Å². The molecule has 2 N–H and O–H groups in total. The van der Waals surface area contributed by atoms with Crippen molar-refractivity contribution >= 4 is 11.6 Å². The third-order valence-corrected chi connectivity index (χ3v) is 5.01. The van der Waals surface area contributed by atoms with Crippen molar-refractivity contribution in [1.29, 1.82) is 0 Å². The summed E-state index contributed by atoms with van der Waals surface area (Å²) in [6.45, 7) is 0.369. The van der Waals surface area contributed by atoms with Crippen molar-refractivity contribution in [2.75, 3.05) is 0 Å². The number of aromatic nitrogens is 3. The highest BCUT2D eigenvalue weighted by Crippen LogP contribution is 2.37. The van der Waals surface area contributed by atoms with Crippen LogP contribution in [0.2, 0.25) is 5.02 Å². The van der Waals surface area contributed by atoms with Gasteiger partial charge in [0.15, 0.2) is 5.82 Å². The van der Waals surface area contributed by atoms with Gasteiger partial charge >= 0.3 is 0 Å². The fourth-order valence-electron chi connectivity index (χ4n) is 2.92. The molecule has 0 radical (unpaired) electrons. The lowest BCUT2D eigenvalue weighted by Gasteiger charge is -2.34. The smallest absolute Gasteiger partial charge is 0.259 e. The molecule has 7 heteroatoms. The summed E-state index contributed by atoms with van der Waals surface area (Å²) >= 11 is 6.19. The zero-order valence-electron chi connectivity index (χ0n) is 13.5. The highest BCUT2D eigenvalue weighted by molar-refractivity contribution is 6.31. The highest BCUT2D eigenvalue weighted by atomic mass is 35.5. The Hall–Kier alpha value is -2.44. The van der Waals surface area contributed by atoms with E-state index in [4.69, 9.17) is 21.9 Å². The molecule has 1 fully saturated rings. The van der Waals surface area contributed by atoms with Crippen molar-refractivity contribution < 1.29 is 4.52 Å². The van der Waals surface area contributed by atoms with E-state index >= 15 is 0 Å². The summed E-state index contributed by atoms with van der Waals surface area (Å²) in [5.74, 6) is 0.886. The Morgan fingerprint density at radius 1 is 1.24 bits per heavy atom. The molecule has 0 spiro atoms. The van der Waals surface area contributed by atoms with Gasteiger partial charge in [0.2, 0.25) is 0 Å². The Bertz CT molecular complexity index is 975. The second kappa shape index (κ2) is 6.13. The summed E-state index contributed by atoms with van der Waals surface area (Å²) < 4.78 is 6.93. The van der Waals surface area contributed by atoms with Crippen LogP contribution < -0.4 is 11.3 Å². The molecule has 128 valence electrons. The van der Waals surface area contributed by atoms with E-state index in [0.29, 0.717) is 28.8 Å². The summed E-state index contributed by atoms with van der Waals surface area (Å²) in [5, 5.41) is 4.64. The number of nitrogens with zero attached hydrogens (tertiary/aromatic N) is 3. The lowest BCUT2D eigenvalue weighted by atomic mass is 9.77. The molecule has 1 aliphatic rings. The number of halogens is 1. The van der Waals surface area contributed by atoms with Gasteiger partial charge in [0.25, 0.3) is 11.4 Å². The third kappa shape index (κ3) is 2.99. The molecule has 4 rings (SSSR count).